The molecule has 0 spiro atoms. The van der Waals surface area contributed by atoms with Crippen LogP contribution in [0.5, 0.6) is 0 Å². The fourth-order valence-electron chi connectivity index (χ4n) is 2.06. The molecular weight excluding hydrogens is 344 g/mol. The summed E-state index contributed by atoms with van der Waals surface area (Å²) in [6, 6.07) is 8.03. The average molecular weight is 365 g/mol. The van der Waals surface area contributed by atoms with Gasteiger partial charge in [0.25, 0.3) is 0 Å². The number of anilines is 3. The smallest absolute Gasteiger partial charge is 0.136 e. The van der Waals surface area contributed by atoms with Gasteiger partial charge in [-0.25, -0.2) is 9.97 Å². The van der Waals surface area contributed by atoms with Crippen molar-refractivity contribution in [2.75, 3.05) is 30.9 Å². The van der Waals surface area contributed by atoms with Crippen LogP contribution >= 0.6 is 15.9 Å². The Kier molecular flexibility index (Phi) is 6.15. The van der Waals surface area contributed by atoms with Gasteiger partial charge in [0.15, 0.2) is 0 Å². The Morgan fingerprint density at radius 2 is 1.91 bits per heavy atom. The van der Waals surface area contributed by atoms with Crippen molar-refractivity contribution in [2.45, 2.75) is 20.3 Å². The molecule has 0 aliphatic carbocycles. The third-order valence-electron chi connectivity index (χ3n) is 3.12. The number of benzene rings is 1. The lowest BCUT2D eigenvalue weighted by atomic mass is 10.2. The Balaban J connectivity index is 2.08. The minimum absolute atomic E-state index is 0.731. The normalized spacial score (nSPS) is 10.5. The van der Waals surface area contributed by atoms with Crippen LogP contribution in [-0.2, 0) is 4.74 Å². The zero-order valence-corrected chi connectivity index (χ0v) is 14.7. The van der Waals surface area contributed by atoms with E-state index in [-0.39, 0.29) is 0 Å². The first kappa shape index (κ1) is 16.7. The molecule has 0 amide bonds. The van der Waals surface area contributed by atoms with Gasteiger partial charge in [0.1, 0.15) is 17.5 Å². The highest BCUT2D eigenvalue weighted by Crippen LogP contribution is 2.23. The van der Waals surface area contributed by atoms with Gasteiger partial charge in [-0.05, 0) is 44.0 Å². The SMILES string of the molecule is COCCCNc1cc(Nc2ccc(Br)cc2C)nc(C)n1. The van der Waals surface area contributed by atoms with Crippen molar-refractivity contribution in [3.05, 3.63) is 40.1 Å². The van der Waals surface area contributed by atoms with Crippen LogP contribution in [0.3, 0.4) is 0 Å². The fourth-order valence-corrected chi connectivity index (χ4v) is 2.54. The van der Waals surface area contributed by atoms with Gasteiger partial charge in [-0.15, -0.1) is 0 Å². The molecule has 0 unspecified atom stereocenters. The number of aryl methyl sites for hydroxylation is 2. The molecular formula is C16H21BrN4O. The molecule has 0 saturated heterocycles. The van der Waals surface area contributed by atoms with E-state index >= 15 is 0 Å². The summed E-state index contributed by atoms with van der Waals surface area (Å²) in [6.45, 7) is 5.51. The summed E-state index contributed by atoms with van der Waals surface area (Å²) in [4.78, 5) is 8.84. The number of hydrogen-bond donors (Lipinski definition) is 2. The van der Waals surface area contributed by atoms with Crippen molar-refractivity contribution in [3.8, 4) is 0 Å². The highest BCUT2D eigenvalue weighted by molar-refractivity contribution is 9.10. The summed E-state index contributed by atoms with van der Waals surface area (Å²) in [6.07, 6.45) is 0.939. The Morgan fingerprint density at radius 1 is 1.14 bits per heavy atom. The van der Waals surface area contributed by atoms with Crippen molar-refractivity contribution < 1.29 is 4.74 Å². The molecule has 2 rings (SSSR count). The Labute approximate surface area is 139 Å². The first-order valence-electron chi connectivity index (χ1n) is 7.20. The quantitative estimate of drug-likeness (QED) is 0.725. The largest absolute Gasteiger partial charge is 0.385 e. The van der Waals surface area contributed by atoms with E-state index in [1.54, 1.807) is 7.11 Å². The minimum atomic E-state index is 0.731. The zero-order chi connectivity index (χ0) is 15.9. The lowest BCUT2D eigenvalue weighted by Gasteiger charge is -2.12. The van der Waals surface area contributed by atoms with Crippen LogP contribution in [0.25, 0.3) is 0 Å². The van der Waals surface area contributed by atoms with Crippen LogP contribution in [0.4, 0.5) is 17.3 Å². The summed E-state index contributed by atoms with van der Waals surface area (Å²) in [5.74, 6) is 2.34. The number of aromatic nitrogens is 2. The van der Waals surface area contributed by atoms with E-state index < -0.39 is 0 Å². The molecule has 0 atom stereocenters. The van der Waals surface area contributed by atoms with E-state index in [1.807, 2.05) is 25.1 Å². The third kappa shape index (κ3) is 4.96. The Bertz CT molecular complexity index is 634. The summed E-state index contributed by atoms with van der Waals surface area (Å²) in [5.41, 5.74) is 2.19. The van der Waals surface area contributed by atoms with Gasteiger partial charge in [0.05, 0.1) is 0 Å². The number of methoxy groups -OCH3 is 1. The molecule has 0 fully saturated rings. The van der Waals surface area contributed by atoms with Crippen LogP contribution in [0.2, 0.25) is 0 Å². The predicted octanol–water partition coefficient (Wildman–Crippen LogP) is 4.05. The molecule has 2 N–H and O–H groups in total. The molecule has 0 radical (unpaired) electrons. The molecule has 0 aliphatic rings. The Morgan fingerprint density at radius 3 is 2.64 bits per heavy atom. The van der Waals surface area contributed by atoms with Crippen LogP contribution in [0.1, 0.15) is 17.8 Å². The molecule has 1 aromatic carbocycles. The Hall–Kier alpha value is -1.66. The number of nitrogens with one attached hydrogen (secondary N) is 2. The molecule has 0 aliphatic heterocycles. The highest BCUT2D eigenvalue weighted by atomic mass is 79.9. The van der Waals surface area contributed by atoms with Gasteiger partial charge < -0.3 is 15.4 Å². The lowest BCUT2D eigenvalue weighted by Crippen LogP contribution is -2.08. The van der Waals surface area contributed by atoms with E-state index in [4.69, 9.17) is 4.74 Å². The summed E-state index contributed by atoms with van der Waals surface area (Å²) in [7, 11) is 1.71. The lowest BCUT2D eigenvalue weighted by molar-refractivity contribution is 0.198. The first-order valence-corrected chi connectivity index (χ1v) is 7.99. The fraction of sp³-hybridized carbons (Fsp3) is 0.375. The second-order valence-electron chi connectivity index (χ2n) is 5.04. The van der Waals surface area contributed by atoms with Gasteiger partial charge >= 0.3 is 0 Å². The average Bonchev–Trinajstić information content (AvgIpc) is 2.46. The molecule has 0 saturated carbocycles. The van der Waals surface area contributed by atoms with Gasteiger partial charge in [-0.1, -0.05) is 15.9 Å². The summed E-state index contributed by atoms with van der Waals surface area (Å²) < 4.78 is 6.10. The van der Waals surface area contributed by atoms with E-state index in [2.05, 4.69) is 49.5 Å². The topological polar surface area (TPSA) is 59.1 Å². The maximum atomic E-state index is 5.04. The maximum absolute atomic E-state index is 5.04. The van der Waals surface area contributed by atoms with Crippen molar-refractivity contribution in [1.29, 1.82) is 0 Å². The molecule has 0 bridgehead atoms. The molecule has 1 aromatic heterocycles. The van der Waals surface area contributed by atoms with Gasteiger partial charge in [-0.2, -0.15) is 0 Å². The maximum Gasteiger partial charge on any atom is 0.136 e. The number of hydrogen-bond acceptors (Lipinski definition) is 5. The number of halogens is 1. The van der Waals surface area contributed by atoms with Crippen molar-refractivity contribution >= 4 is 33.3 Å². The minimum Gasteiger partial charge on any atom is -0.385 e. The van der Waals surface area contributed by atoms with Crippen molar-refractivity contribution in [3.63, 3.8) is 0 Å². The molecule has 2 aromatic rings. The number of rotatable bonds is 7. The van der Waals surface area contributed by atoms with Crippen LogP contribution in [-0.4, -0.2) is 30.2 Å². The van der Waals surface area contributed by atoms with Crippen LogP contribution in [0.15, 0.2) is 28.7 Å². The van der Waals surface area contributed by atoms with Crippen LogP contribution < -0.4 is 10.6 Å². The van der Waals surface area contributed by atoms with Crippen LogP contribution in [0, 0.1) is 13.8 Å². The predicted molar refractivity (Wildman–Crippen MR) is 93.9 cm³/mol. The summed E-state index contributed by atoms with van der Waals surface area (Å²) >= 11 is 3.47. The number of nitrogens with zero attached hydrogens (tertiary/aromatic N) is 2. The number of ether oxygens (including phenoxy) is 1. The second-order valence-corrected chi connectivity index (χ2v) is 5.96. The summed E-state index contributed by atoms with van der Waals surface area (Å²) in [5, 5.41) is 6.64. The van der Waals surface area contributed by atoms with E-state index in [0.717, 1.165) is 52.8 Å². The third-order valence-corrected chi connectivity index (χ3v) is 3.61. The zero-order valence-electron chi connectivity index (χ0n) is 13.1. The van der Waals surface area contributed by atoms with E-state index in [9.17, 15) is 0 Å². The van der Waals surface area contributed by atoms with Crippen molar-refractivity contribution in [1.82, 2.24) is 9.97 Å². The van der Waals surface area contributed by atoms with E-state index in [0.29, 0.717) is 0 Å². The van der Waals surface area contributed by atoms with E-state index in [1.165, 1.54) is 0 Å². The standard InChI is InChI=1S/C16H21BrN4O/c1-11-9-13(17)5-6-14(11)21-16-10-15(19-12(2)20-16)18-7-4-8-22-3/h5-6,9-10H,4,7-8H2,1-3H3,(H2,18,19,20,21). The first-order chi connectivity index (χ1) is 10.6. The molecule has 1 heterocycles. The van der Waals surface area contributed by atoms with Gasteiger partial charge in [0, 0.05) is 36.5 Å². The van der Waals surface area contributed by atoms with Gasteiger partial charge in [0.2, 0.25) is 0 Å². The molecule has 5 nitrogen and oxygen atoms in total. The molecule has 6 heteroatoms. The highest BCUT2D eigenvalue weighted by Gasteiger charge is 2.04. The monoisotopic (exact) mass is 364 g/mol. The van der Waals surface area contributed by atoms with Crippen molar-refractivity contribution in [2.24, 2.45) is 0 Å². The second kappa shape index (κ2) is 8.10. The van der Waals surface area contributed by atoms with Gasteiger partial charge in [-0.3, -0.25) is 0 Å². The molecule has 22 heavy (non-hydrogen) atoms. The molecule has 118 valence electrons.